The molecule has 0 amide bonds. The van der Waals surface area contributed by atoms with Crippen molar-refractivity contribution in [3.8, 4) is 11.3 Å². The number of ether oxygens (including phenoxy) is 1. The van der Waals surface area contributed by atoms with Crippen LogP contribution in [0.25, 0.3) is 11.3 Å². The third-order valence-electron chi connectivity index (χ3n) is 3.42. The first-order chi connectivity index (χ1) is 8.84. The lowest BCUT2D eigenvalue weighted by Crippen LogP contribution is -2.14. The predicted molar refractivity (Wildman–Crippen MR) is 69.1 cm³/mol. The number of nitrogens with two attached hydrogens (primary N) is 1. The molecule has 2 aromatic rings. The highest BCUT2D eigenvalue weighted by molar-refractivity contribution is 5.65. The molecule has 0 spiro atoms. The van der Waals surface area contributed by atoms with E-state index in [9.17, 15) is 0 Å². The molecule has 2 N–H and O–H groups in total. The predicted octanol–water partition coefficient (Wildman–Crippen LogP) is 2.82. The topological polar surface area (TPSA) is 61.3 Å². The minimum absolute atomic E-state index is 0.423. The fourth-order valence-electron chi connectivity index (χ4n) is 2.50. The molecule has 0 atom stereocenters. The number of nitrogens with zero attached hydrogens (tertiary/aromatic N) is 1. The van der Waals surface area contributed by atoms with Gasteiger partial charge in [-0.1, -0.05) is 29.4 Å². The summed E-state index contributed by atoms with van der Waals surface area (Å²) < 4.78 is 10.7. The molecule has 1 aromatic carbocycles. The van der Waals surface area contributed by atoms with Gasteiger partial charge in [0, 0.05) is 24.8 Å². The van der Waals surface area contributed by atoms with Crippen molar-refractivity contribution < 1.29 is 9.26 Å². The first-order valence-corrected chi connectivity index (χ1v) is 6.24. The van der Waals surface area contributed by atoms with E-state index >= 15 is 0 Å². The van der Waals surface area contributed by atoms with Gasteiger partial charge in [-0.05, 0) is 24.3 Å². The molecule has 18 heavy (non-hydrogen) atoms. The quantitative estimate of drug-likeness (QED) is 0.882. The minimum Gasteiger partial charge on any atom is -0.381 e. The number of anilines is 1. The van der Waals surface area contributed by atoms with Crippen LogP contribution in [0.5, 0.6) is 0 Å². The Labute approximate surface area is 106 Å². The zero-order valence-electron chi connectivity index (χ0n) is 10.1. The molecule has 3 rings (SSSR count). The van der Waals surface area contributed by atoms with E-state index in [0.29, 0.717) is 11.7 Å². The average molecular weight is 244 g/mol. The number of nitrogen functional groups attached to an aromatic ring is 1. The van der Waals surface area contributed by atoms with Crippen molar-refractivity contribution in [2.24, 2.45) is 0 Å². The molecule has 0 radical (unpaired) electrons. The molecular formula is C14H16N2O2. The lowest BCUT2D eigenvalue weighted by Gasteiger charge is -2.23. The van der Waals surface area contributed by atoms with Gasteiger partial charge in [0.15, 0.2) is 11.6 Å². The van der Waals surface area contributed by atoms with Crippen LogP contribution in [-0.4, -0.2) is 18.4 Å². The second kappa shape index (κ2) is 4.82. The third kappa shape index (κ3) is 2.11. The van der Waals surface area contributed by atoms with E-state index < -0.39 is 0 Å². The highest BCUT2D eigenvalue weighted by Gasteiger charge is 2.20. The number of rotatable bonds is 2. The normalized spacial score (nSPS) is 16.9. The fourth-order valence-corrected chi connectivity index (χ4v) is 2.50. The van der Waals surface area contributed by atoms with Gasteiger partial charge in [0.25, 0.3) is 0 Å². The van der Waals surface area contributed by atoms with Gasteiger partial charge < -0.3 is 15.0 Å². The highest BCUT2D eigenvalue weighted by atomic mass is 16.5. The molecule has 2 heterocycles. The Kier molecular flexibility index (Phi) is 3.02. The summed E-state index contributed by atoms with van der Waals surface area (Å²) in [7, 11) is 0. The Morgan fingerprint density at radius 3 is 2.67 bits per heavy atom. The Balaban J connectivity index is 1.99. The summed E-state index contributed by atoms with van der Waals surface area (Å²) in [6, 6.07) is 10.1. The van der Waals surface area contributed by atoms with Crippen molar-refractivity contribution >= 4 is 5.82 Å². The maximum Gasteiger partial charge on any atom is 0.169 e. The molecule has 4 heteroatoms. The number of benzene rings is 1. The van der Waals surface area contributed by atoms with Crippen LogP contribution in [0.3, 0.4) is 0 Å². The zero-order chi connectivity index (χ0) is 12.4. The standard InChI is InChI=1S/C14H16N2O2/c15-14-9-13(18-16-14)12-4-2-1-3-11(12)10-5-7-17-8-6-10/h1-4,9-10H,5-8H2,(H2,15,16). The Bertz CT molecular complexity index is 530. The maximum absolute atomic E-state index is 5.62. The van der Waals surface area contributed by atoms with E-state index in [1.807, 2.05) is 6.07 Å². The minimum atomic E-state index is 0.423. The lowest BCUT2D eigenvalue weighted by atomic mass is 9.87. The molecule has 1 aliphatic heterocycles. The molecule has 1 aromatic heterocycles. The molecule has 0 saturated carbocycles. The van der Waals surface area contributed by atoms with Crippen LogP contribution in [0, 0.1) is 0 Å². The number of hydrogen-bond donors (Lipinski definition) is 1. The maximum atomic E-state index is 5.62. The summed E-state index contributed by atoms with van der Waals surface area (Å²) >= 11 is 0. The van der Waals surface area contributed by atoms with Crippen LogP contribution in [0.2, 0.25) is 0 Å². The van der Waals surface area contributed by atoms with Gasteiger partial charge in [0.05, 0.1) is 0 Å². The summed E-state index contributed by atoms with van der Waals surface area (Å²) in [4.78, 5) is 0. The van der Waals surface area contributed by atoms with Crippen LogP contribution < -0.4 is 5.73 Å². The van der Waals surface area contributed by atoms with Crippen LogP contribution >= 0.6 is 0 Å². The largest absolute Gasteiger partial charge is 0.381 e. The van der Waals surface area contributed by atoms with Gasteiger partial charge in [-0.15, -0.1) is 0 Å². The number of aromatic nitrogens is 1. The molecule has 1 fully saturated rings. The van der Waals surface area contributed by atoms with Crippen LogP contribution in [0.4, 0.5) is 5.82 Å². The van der Waals surface area contributed by atoms with Gasteiger partial charge in [-0.3, -0.25) is 0 Å². The van der Waals surface area contributed by atoms with Gasteiger partial charge in [-0.2, -0.15) is 0 Å². The van der Waals surface area contributed by atoms with Gasteiger partial charge in [0.1, 0.15) is 0 Å². The Morgan fingerprint density at radius 2 is 1.94 bits per heavy atom. The first-order valence-electron chi connectivity index (χ1n) is 6.24. The van der Waals surface area contributed by atoms with Gasteiger partial charge >= 0.3 is 0 Å². The summed E-state index contributed by atoms with van der Waals surface area (Å²) in [6.45, 7) is 1.66. The second-order valence-electron chi connectivity index (χ2n) is 4.59. The zero-order valence-corrected chi connectivity index (χ0v) is 10.1. The van der Waals surface area contributed by atoms with Gasteiger partial charge in [-0.25, -0.2) is 0 Å². The summed E-state index contributed by atoms with van der Waals surface area (Å²) in [5.41, 5.74) is 8.01. The molecule has 1 saturated heterocycles. The van der Waals surface area contributed by atoms with Crippen molar-refractivity contribution in [2.45, 2.75) is 18.8 Å². The monoisotopic (exact) mass is 244 g/mol. The van der Waals surface area contributed by atoms with Crippen molar-refractivity contribution in [1.29, 1.82) is 0 Å². The van der Waals surface area contributed by atoms with Gasteiger partial charge in [0.2, 0.25) is 0 Å². The Morgan fingerprint density at radius 1 is 1.17 bits per heavy atom. The summed E-state index contributed by atoms with van der Waals surface area (Å²) in [5, 5.41) is 3.76. The Hall–Kier alpha value is -1.81. The van der Waals surface area contributed by atoms with Crippen LogP contribution in [-0.2, 0) is 4.74 Å². The smallest absolute Gasteiger partial charge is 0.169 e. The molecule has 94 valence electrons. The molecule has 0 aliphatic carbocycles. The SMILES string of the molecule is Nc1cc(-c2ccccc2C2CCOCC2)on1. The van der Waals surface area contributed by atoms with E-state index in [0.717, 1.165) is 37.4 Å². The highest BCUT2D eigenvalue weighted by Crippen LogP contribution is 2.35. The first kappa shape index (κ1) is 11.3. The summed E-state index contributed by atoms with van der Waals surface area (Å²) in [5.74, 6) is 1.70. The lowest BCUT2D eigenvalue weighted by molar-refractivity contribution is 0.0854. The van der Waals surface area contributed by atoms with E-state index in [-0.39, 0.29) is 0 Å². The van der Waals surface area contributed by atoms with Crippen LogP contribution in [0.15, 0.2) is 34.9 Å². The van der Waals surface area contributed by atoms with Crippen molar-refractivity contribution in [3.05, 3.63) is 35.9 Å². The molecular weight excluding hydrogens is 228 g/mol. The van der Waals surface area contributed by atoms with E-state index in [4.69, 9.17) is 15.0 Å². The second-order valence-corrected chi connectivity index (χ2v) is 4.59. The van der Waals surface area contributed by atoms with Crippen molar-refractivity contribution in [2.75, 3.05) is 18.9 Å². The number of hydrogen-bond acceptors (Lipinski definition) is 4. The van der Waals surface area contributed by atoms with Crippen molar-refractivity contribution in [3.63, 3.8) is 0 Å². The average Bonchev–Trinajstić information content (AvgIpc) is 2.86. The molecule has 4 nitrogen and oxygen atoms in total. The third-order valence-corrected chi connectivity index (χ3v) is 3.42. The van der Waals surface area contributed by atoms with E-state index in [1.165, 1.54) is 5.56 Å². The molecule has 1 aliphatic rings. The molecule has 0 bridgehead atoms. The molecule has 0 unspecified atom stereocenters. The van der Waals surface area contributed by atoms with Crippen molar-refractivity contribution in [1.82, 2.24) is 5.16 Å². The van der Waals surface area contributed by atoms with Crippen LogP contribution in [0.1, 0.15) is 24.3 Å². The van der Waals surface area contributed by atoms with E-state index in [2.05, 4.69) is 23.4 Å². The van der Waals surface area contributed by atoms with E-state index in [1.54, 1.807) is 6.07 Å². The fraction of sp³-hybridized carbons (Fsp3) is 0.357. The summed E-state index contributed by atoms with van der Waals surface area (Å²) in [6.07, 6.45) is 2.11.